The Morgan fingerprint density at radius 2 is 1.76 bits per heavy atom. The van der Waals surface area contributed by atoms with Crippen LogP contribution >= 0.6 is 23.2 Å². The van der Waals surface area contributed by atoms with Crippen LogP contribution in [0.15, 0.2) is 35.1 Å². The molecule has 0 spiro atoms. The maximum Gasteiger partial charge on any atom is 0.277 e. The summed E-state index contributed by atoms with van der Waals surface area (Å²) in [6.45, 7) is 1.83. The van der Waals surface area contributed by atoms with Gasteiger partial charge in [-0.15, -0.1) is 0 Å². The summed E-state index contributed by atoms with van der Waals surface area (Å²) in [4.78, 5) is 11.4. The van der Waals surface area contributed by atoms with Gasteiger partial charge < -0.3 is 0 Å². The van der Waals surface area contributed by atoms with Crippen LogP contribution in [0.4, 0.5) is 0 Å². The van der Waals surface area contributed by atoms with Crippen LogP contribution in [0.25, 0.3) is 5.69 Å². The molecule has 0 bridgehead atoms. The molecule has 5 heteroatoms. The lowest BCUT2D eigenvalue weighted by Crippen LogP contribution is -2.20. The second-order valence-corrected chi connectivity index (χ2v) is 4.87. The zero-order chi connectivity index (χ0) is 12.6. The molecule has 0 fully saturated rings. The van der Waals surface area contributed by atoms with Crippen molar-refractivity contribution in [1.82, 2.24) is 9.36 Å². The summed E-state index contributed by atoms with van der Waals surface area (Å²) >= 11 is 11.7. The molecular weight excluding hydrogens is 259 g/mol. The van der Waals surface area contributed by atoms with Gasteiger partial charge in [0.2, 0.25) is 0 Å². The van der Waals surface area contributed by atoms with Crippen molar-refractivity contribution in [3.63, 3.8) is 0 Å². The number of alkyl halides is 2. The number of hydrogen-bond donors (Lipinski definition) is 0. The number of aromatic nitrogens is 2. The van der Waals surface area contributed by atoms with E-state index in [1.807, 2.05) is 44.3 Å². The van der Waals surface area contributed by atoms with Gasteiger partial charge >= 0.3 is 0 Å². The number of rotatable bonds is 2. The number of halogens is 2. The molecule has 1 heterocycles. The van der Waals surface area contributed by atoms with Crippen LogP contribution in [-0.2, 0) is 7.05 Å². The van der Waals surface area contributed by atoms with Crippen molar-refractivity contribution in [2.24, 2.45) is 7.05 Å². The Morgan fingerprint density at radius 1 is 1.18 bits per heavy atom. The van der Waals surface area contributed by atoms with Gasteiger partial charge in [0.1, 0.15) is 4.84 Å². The summed E-state index contributed by atoms with van der Waals surface area (Å²) in [6, 6.07) is 9.38. The summed E-state index contributed by atoms with van der Waals surface area (Å²) in [5.74, 6) is 0. The number of para-hydroxylation sites is 1. The fraction of sp³-hybridized carbons (Fsp3) is 0.250. The molecule has 0 aliphatic carbocycles. The van der Waals surface area contributed by atoms with Crippen LogP contribution in [0.5, 0.6) is 0 Å². The molecule has 17 heavy (non-hydrogen) atoms. The lowest BCUT2D eigenvalue weighted by molar-refractivity contribution is 0.630. The third-order valence-electron chi connectivity index (χ3n) is 2.82. The van der Waals surface area contributed by atoms with E-state index in [0.29, 0.717) is 5.56 Å². The first-order chi connectivity index (χ1) is 8.04. The van der Waals surface area contributed by atoms with Gasteiger partial charge in [0, 0.05) is 12.7 Å². The summed E-state index contributed by atoms with van der Waals surface area (Å²) in [5, 5.41) is 0. The molecule has 0 unspecified atom stereocenters. The molecule has 0 aliphatic heterocycles. The molecule has 0 atom stereocenters. The summed E-state index contributed by atoms with van der Waals surface area (Å²) in [5.41, 5.74) is 1.82. The lowest BCUT2D eigenvalue weighted by atomic mass is 10.3. The van der Waals surface area contributed by atoms with Gasteiger partial charge in [-0.1, -0.05) is 41.4 Å². The summed E-state index contributed by atoms with van der Waals surface area (Å²) < 4.78 is 3.31. The van der Waals surface area contributed by atoms with E-state index >= 15 is 0 Å². The van der Waals surface area contributed by atoms with E-state index in [9.17, 15) is 4.79 Å². The highest BCUT2D eigenvalue weighted by atomic mass is 35.5. The van der Waals surface area contributed by atoms with Crippen LogP contribution in [0.2, 0.25) is 0 Å². The Morgan fingerprint density at radius 3 is 2.24 bits per heavy atom. The van der Waals surface area contributed by atoms with Crippen LogP contribution in [-0.4, -0.2) is 9.36 Å². The molecule has 0 aliphatic rings. The highest BCUT2D eigenvalue weighted by Crippen LogP contribution is 2.25. The van der Waals surface area contributed by atoms with Crippen molar-refractivity contribution in [1.29, 1.82) is 0 Å². The molecule has 0 amide bonds. The fourth-order valence-corrected chi connectivity index (χ4v) is 2.34. The molecule has 3 nitrogen and oxygen atoms in total. The molecule has 0 saturated carbocycles. The van der Waals surface area contributed by atoms with E-state index in [-0.39, 0.29) is 5.56 Å². The minimum Gasteiger partial charge on any atom is -0.285 e. The van der Waals surface area contributed by atoms with E-state index < -0.39 is 4.84 Å². The molecule has 2 rings (SSSR count). The minimum atomic E-state index is -0.807. The smallest absolute Gasteiger partial charge is 0.277 e. The number of nitrogens with zero attached hydrogens (tertiary/aromatic N) is 2. The first-order valence-corrected chi connectivity index (χ1v) is 6.03. The lowest BCUT2D eigenvalue weighted by Gasteiger charge is -2.07. The SMILES string of the molecule is Cc1c(C(Cl)Cl)c(=O)n(-c2ccccc2)n1C. The zero-order valence-corrected chi connectivity index (χ0v) is 11.0. The van der Waals surface area contributed by atoms with E-state index in [1.54, 1.807) is 9.36 Å². The third-order valence-corrected chi connectivity index (χ3v) is 3.25. The normalized spacial score (nSPS) is 11.1. The Kier molecular flexibility index (Phi) is 3.31. The van der Waals surface area contributed by atoms with Crippen molar-refractivity contribution >= 4 is 23.2 Å². The standard InChI is InChI=1S/C12H12Cl2N2O/c1-8-10(11(13)14)12(17)16(15(8)2)9-6-4-3-5-7-9/h3-7,11H,1-2H3. The average Bonchev–Trinajstić information content (AvgIpc) is 2.51. The quantitative estimate of drug-likeness (QED) is 0.771. The monoisotopic (exact) mass is 270 g/mol. The van der Waals surface area contributed by atoms with E-state index in [4.69, 9.17) is 23.2 Å². The molecular formula is C12H12Cl2N2O. The third kappa shape index (κ3) is 2.01. The predicted octanol–water partition coefficient (Wildman–Crippen LogP) is 2.96. The van der Waals surface area contributed by atoms with E-state index in [0.717, 1.165) is 11.4 Å². The molecule has 1 aromatic carbocycles. The zero-order valence-electron chi connectivity index (χ0n) is 9.52. The average molecular weight is 271 g/mol. The van der Waals surface area contributed by atoms with Crippen molar-refractivity contribution in [2.45, 2.75) is 11.8 Å². The fourth-order valence-electron chi connectivity index (χ4n) is 1.84. The Bertz CT molecular complexity index is 585. The first-order valence-electron chi connectivity index (χ1n) is 5.16. The van der Waals surface area contributed by atoms with E-state index in [2.05, 4.69) is 0 Å². The summed E-state index contributed by atoms with van der Waals surface area (Å²) in [6.07, 6.45) is 0. The number of hydrogen-bond acceptors (Lipinski definition) is 1. The van der Waals surface area contributed by atoms with Gasteiger partial charge in [0.15, 0.2) is 0 Å². The van der Waals surface area contributed by atoms with Gasteiger partial charge in [-0.25, -0.2) is 4.68 Å². The Hall–Kier alpha value is -1.19. The Labute approximate surface area is 109 Å². The largest absolute Gasteiger partial charge is 0.285 e. The highest BCUT2D eigenvalue weighted by Gasteiger charge is 2.20. The molecule has 1 aromatic heterocycles. The van der Waals surface area contributed by atoms with Gasteiger partial charge in [0.05, 0.1) is 11.3 Å². The van der Waals surface area contributed by atoms with Crippen LogP contribution in [0, 0.1) is 6.92 Å². The summed E-state index contributed by atoms with van der Waals surface area (Å²) in [7, 11) is 1.81. The van der Waals surface area contributed by atoms with Crippen molar-refractivity contribution in [2.75, 3.05) is 0 Å². The molecule has 0 radical (unpaired) electrons. The maximum atomic E-state index is 12.2. The predicted molar refractivity (Wildman–Crippen MR) is 70.2 cm³/mol. The second-order valence-electron chi connectivity index (χ2n) is 3.78. The van der Waals surface area contributed by atoms with Crippen LogP contribution in [0.3, 0.4) is 0 Å². The van der Waals surface area contributed by atoms with Crippen LogP contribution < -0.4 is 5.56 Å². The minimum absolute atomic E-state index is 0.175. The molecule has 0 N–H and O–H groups in total. The van der Waals surface area contributed by atoms with Gasteiger partial charge in [-0.3, -0.25) is 9.48 Å². The first kappa shape index (κ1) is 12.3. The number of benzene rings is 1. The molecule has 90 valence electrons. The van der Waals surface area contributed by atoms with Crippen molar-refractivity contribution in [3.8, 4) is 5.69 Å². The molecule has 0 saturated heterocycles. The topological polar surface area (TPSA) is 26.9 Å². The van der Waals surface area contributed by atoms with Crippen LogP contribution in [0.1, 0.15) is 16.1 Å². The van der Waals surface area contributed by atoms with Gasteiger partial charge in [-0.05, 0) is 19.1 Å². The second kappa shape index (κ2) is 4.59. The van der Waals surface area contributed by atoms with Gasteiger partial charge in [0.25, 0.3) is 5.56 Å². The molecule has 2 aromatic rings. The highest BCUT2D eigenvalue weighted by molar-refractivity contribution is 6.44. The van der Waals surface area contributed by atoms with Gasteiger partial charge in [-0.2, -0.15) is 0 Å². The maximum absolute atomic E-state index is 12.2. The Balaban J connectivity index is 2.73. The van der Waals surface area contributed by atoms with Crippen molar-refractivity contribution in [3.05, 3.63) is 51.9 Å². The van der Waals surface area contributed by atoms with E-state index in [1.165, 1.54) is 0 Å². The van der Waals surface area contributed by atoms with Crippen molar-refractivity contribution < 1.29 is 0 Å².